The van der Waals surface area contributed by atoms with E-state index in [2.05, 4.69) is 33.7 Å². The van der Waals surface area contributed by atoms with Gasteiger partial charge in [0.05, 0.1) is 6.04 Å². The van der Waals surface area contributed by atoms with Gasteiger partial charge in [0.15, 0.2) is 0 Å². The van der Waals surface area contributed by atoms with Crippen LogP contribution in [0.3, 0.4) is 0 Å². The van der Waals surface area contributed by atoms with Crippen LogP contribution in [0.1, 0.15) is 44.1 Å². The maximum Gasteiger partial charge on any atom is 0.248 e. The highest BCUT2D eigenvalue weighted by molar-refractivity contribution is 5.23. The summed E-state index contributed by atoms with van der Waals surface area (Å²) in [6.45, 7) is 6.09. The number of hydrogen-bond donors (Lipinski definition) is 2. The zero-order chi connectivity index (χ0) is 14.4. The van der Waals surface area contributed by atoms with Crippen molar-refractivity contribution in [3.63, 3.8) is 0 Å². The molecule has 0 radical (unpaired) electrons. The summed E-state index contributed by atoms with van der Waals surface area (Å²) in [5, 5.41) is 3.48. The third-order valence-electron chi connectivity index (χ3n) is 3.20. The van der Waals surface area contributed by atoms with Crippen LogP contribution in [0.15, 0.2) is 35.5 Å². The molecule has 5 nitrogen and oxygen atoms in total. The van der Waals surface area contributed by atoms with Crippen molar-refractivity contribution in [3.8, 4) is 0 Å². The third kappa shape index (κ3) is 3.36. The van der Waals surface area contributed by atoms with Crippen LogP contribution in [-0.2, 0) is 6.54 Å². The standard InChI is InChI=1S/C15H22N4O/c1-3-6-17-14(12-5-7-16-13(20)11-12)15-18-8-10-19(15)9-4-2/h5,7-8,10-11,14,17H,3-4,6,9H2,1-2H3,(H,16,20). The van der Waals surface area contributed by atoms with E-state index in [4.69, 9.17) is 0 Å². The Morgan fingerprint density at radius 1 is 1.40 bits per heavy atom. The molecule has 2 aromatic rings. The van der Waals surface area contributed by atoms with E-state index in [9.17, 15) is 4.79 Å². The Balaban J connectivity index is 2.36. The summed E-state index contributed by atoms with van der Waals surface area (Å²) in [6, 6.07) is 3.52. The topological polar surface area (TPSA) is 62.7 Å². The SMILES string of the molecule is CCCNC(c1cc[nH]c(=O)c1)c1nccn1CCC. The van der Waals surface area contributed by atoms with Gasteiger partial charge < -0.3 is 14.9 Å². The number of aryl methyl sites for hydroxylation is 1. The number of hydrogen-bond acceptors (Lipinski definition) is 3. The normalized spacial score (nSPS) is 12.5. The second kappa shape index (κ2) is 7.05. The van der Waals surface area contributed by atoms with Crippen molar-refractivity contribution in [2.75, 3.05) is 6.54 Å². The average Bonchev–Trinajstić information content (AvgIpc) is 2.88. The van der Waals surface area contributed by atoms with E-state index in [1.54, 1.807) is 12.3 Å². The zero-order valence-electron chi connectivity index (χ0n) is 12.1. The summed E-state index contributed by atoms with van der Waals surface area (Å²) in [6.07, 6.45) is 7.59. The molecule has 0 aliphatic rings. The highest BCUT2D eigenvalue weighted by Gasteiger charge is 2.18. The van der Waals surface area contributed by atoms with Crippen LogP contribution in [0.5, 0.6) is 0 Å². The molecule has 0 aliphatic heterocycles. The number of H-pyrrole nitrogens is 1. The lowest BCUT2D eigenvalue weighted by atomic mass is 10.1. The summed E-state index contributed by atoms with van der Waals surface area (Å²) in [4.78, 5) is 18.7. The fraction of sp³-hybridized carbons (Fsp3) is 0.467. The monoisotopic (exact) mass is 274 g/mol. The van der Waals surface area contributed by atoms with E-state index in [0.717, 1.165) is 37.3 Å². The number of aromatic amines is 1. The fourth-order valence-electron chi connectivity index (χ4n) is 2.30. The first-order valence-electron chi connectivity index (χ1n) is 7.19. The van der Waals surface area contributed by atoms with Crippen LogP contribution in [0.25, 0.3) is 0 Å². The highest BCUT2D eigenvalue weighted by Crippen LogP contribution is 2.19. The van der Waals surface area contributed by atoms with Gasteiger partial charge in [0.1, 0.15) is 5.82 Å². The number of nitrogens with one attached hydrogen (secondary N) is 2. The van der Waals surface area contributed by atoms with Crippen LogP contribution in [0, 0.1) is 0 Å². The maximum atomic E-state index is 11.5. The van der Waals surface area contributed by atoms with E-state index < -0.39 is 0 Å². The number of nitrogens with zero attached hydrogens (tertiary/aromatic N) is 2. The van der Waals surface area contributed by atoms with Gasteiger partial charge in [-0.05, 0) is 31.0 Å². The lowest BCUT2D eigenvalue weighted by molar-refractivity contribution is 0.529. The molecule has 0 aromatic carbocycles. The summed E-state index contributed by atoms with van der Waals surface area (Å²) in [5.74, 6) is 0.964. The van der Waals surface area contributed by atoms with Crippen molar-refractivity contribution < 1.29 is 0 Å². The molecule has 2 N–H and O–H groups in total. The predicted octanol–water partition coefficient (Wildman–Crippen LogP) is 2.07. The Kier molecular flexibility index (Phi) is 5.12. The summed E-state index contributed by atoms with van der Waals surface area (Å²) in [7, 11) is 0. The molecule has 5 heteroatoms. The number of imidazole rings is 1. The van der Waals surface area contributed by atoms with Gasteiger partial charge in [-0.15, -0.1) is 0 Å². The molecule has 0 fully saturated rings. The molecule has 0 bridgehead atoms. The van der Waals surface area contributed by atoms with Crippen molar-refractivity contribution in [3.05, 3.63) is 52.5 Å². The predicted molar refractivity (Wildman–Crippen MR) is 79.7 cm³/mol. The van der Waals surface area contributed by atoms with Gasteiger partial charge in [0.2, 0.25) is 5.56 Å². The minimum Gasteiger partial charge on any atom is -0.333 e. The van der Waals surface area contributed by atoms with E-state index in [1.165, 1.54) is 0 Å². The summed E-state index contributed by atoms with van der Waals surface area (Å²) >= 11 is 0. The van der Waals surface area contributed by atoms with Crippen molar-refractivity contribution in [2.45, 2.75) is 39.3 Å². The summed E-state index contributed by atoms with van der Waals surface area (Å²) in [5.41, 5.74) is 0.866. The van der Waals surface area contributed by atoms with Gasteiger partial charge in [-0.3, -0.25) is 4.79 Å². The number of pyridine rings is 1. The second-order valence-electron chi connectivity index (χ2n) is 4.85. The van der Waals surface area contributed by atoms with Crippen LogP contribution in [0.2, 0.25) is 0 Å². The first-order valence-corrected chi connectivity index (χ1v) is 7.19. The molecule has 108 valence electrons. The Bertz CT molecular complexity index is 587. The van der Waals surface area contributed by atoms with Gasteiger partial charge in [-0.2, -0.15) is 0 Å². The van der Waals surface area contributed by atoms with Gasteiger partial charge in [0.25, 0.3) is 0 Å². The Morgan fingerprint density at radius 2 is 2.25 bits per heavy atom. The molecule has 0 aliphatic carbocycles. The van der Waals surface area contributed by atoms with Gasteiger partial charge in [0, 0.05) is 31.2 Å². The second-order valence-corrected chi connectivity index (χ2v) is 4.85. The van der Waals surface area contributed by atoms with Gasteiger partial charge in [-0.1, -0.05) is 13.8 Å². The molecule has 0 spiro atoms. The smallest absolute Gasteiger partial charge is 0.248 e. The fourth-order valence-corrected chi connectivity index (χ4v) is 2.30. The third-order valence-corrected chi connectivity index (χ3v) is 3.20. The number of aromatic nitrogens is 3. The molecular weight excluding hydrogens is 252 g/mol. The quantitative estimate of drug-likeness (QED) is 0.812. The first-order chi connectivity index (χ1) is 9.76. The molecule has 0 amide bonds. The molecule has 20 heavy (non-hydrogen) atoms. The largest absolute Gasteiger partial charge is 0.333 e. The zero-order valence-corrected chi connectivity index (χ0v) is 12.1. The van der Waals surface area contributed by atoms with Gasteiger partial charge >= 0.3 is 0 Å². The maximum absolute atomic E-state index is 11.5. The van der Waals surface area contributed by atoms with Gasteiger partial charge in [-0.25, -0.2) is 4.98 Å². The van der Waals surface area contributed by atoms with Crippen LogP contribution >= 0.6 is 0 Å². The van der Waals surface area contributed by atoms with Crippen LogP contribution in [0.4, 0.5) is 0 Å². The highest BCUT2D eigenvalue weighted by atomic mass is 16.1. The van der Waals surface area contributed by atoms with Crippen molar-refractivity contribution in [1.29, 1.82) is 0 Å². The average molecular weight is 274 g/mol. The molecule has 1 atom stereocenters. The van der Waals surface area contributed by atoms with E-state index in [0.29, 0.717) is 0 Å². The minimum atomic E-state index is -0.0839. The molecule has 2 aromatic heterocycles. The molecule has 0 saturated heterocycles. The number of rotatable bonds is 7. The van der Waals surface area contributed by atoms with Crippen molar-refractivity contribution >= 4 is 0 Å². The van der Waals surface area contributed by atoms with Crippen molar-refractivity contribution in [2.24, 2.45) is 0 Å². The van der Waals surface area contributed by atoms with E-state index in [-0.39, 0.29) is 11.6 Å². The Morgan fingerprint density at radius 3 is 2.95 bits per heavy atom. The molecular formula is C15H22N4O. The lowest BCUT2D eigenvalue weighted by Crippen LogP contribution is -2.27. The minimum absolute atomic E-state index is 0.0428. The first kappa shape index (κ1) is 14.5. The Hall–Kier alpha value is -1.88. The lowest BCUT2D eigenvalue weighted by Gasteiger charge is -2.19. The molecule has 2 heterocycles. The summed E-state index contributed by atoms with van der Waals surface area (Å²) < 4.78 is 2.15. The molecule has 0 saturated carbocycles. The van der Waals surface area contributed by atoms with Crippen LogP contribution < -0.4 is 10.9 Å². The molecule has 1 unspecified atom stereocenters. The van der Waals surface area contributed by atoms with Crippen molar-refractivity contribution in [1.82, 2.24) is 19.9 Å². The Labute approximate surface area is 119 Å². The molecule has 2 rings (SSSR count). The van der Waals surface area contributed by atoms with E-state index in [1.807, 2.05) is 18.5 Å². The van der Waals surface area contributed by atoms with E-state index >= 15 is 0 Å². The van der Waals surface area contributed by atoms with Crippen LogP contribution in [-0.4, -0.2) is 21.1 Å².